The number of aromatic nitrogens is 4. The first kappa shape index (κ1) is 16.9. The molecule has 8 heteroatoms. The molecule has 1 aliphatic heterocycles. The van der Waals surface area contributed by atoms with Crippen LogP contribution < -0.4 is 9.80 Å². The standard InChI is InChI=1S/C16H26N6O2/c1-3-24-13(2)21(9-10-23)16-11-14(20-7-5-4-6-8-20)18-15-12-17-19-22(15)16/h11-13,23H,3-10H2,1-2H3. The first-order valence-electron chi connectivity index (χ1n) is 8.70. The lowest BCUT2D eigenvalue weighted by molar-refractivity contribution is 0.0698. The van der Waals surface area contributed by atoms with Gasteiger partial charge in [-0.1, -0.05) is 5.21 Å². The molecule has 0 amide bonds. The van der Waals surface area contributed by atoms with Crippen molar-refractivity contribution in [1.29, 1.82) is 0 Å². The Morgan fingerprint density at radius 1 is 1.33 bits per heavy atom. The highest BCUT2D eigenvalue weighted by Gasteiger charge is 2.21. The molecule has 0 spiro atoms. The van der Waals surface area contributed by atoms with Crippen LogP contribution in [0.4, 0.5) is 11.6 Å². The van der Waals surface area contributed by atoms with Crippen LogP contribution in [0.3, 0.4) is 0 Å². The average molecular weight is 334 g/mol. The molecule has 1 saturated heterocycles. The van der Waals surface area contributed by atoms with Crippen molar-refractivity contribution >= 4 is 17.3 Å². The topological polar surface area (TPSA) is 79.0 Å². The van der Waals surface area contributed by atoms with Gasteiger partial charge in [0, 0.05) is 32.3 Å². The predicted molar refractivity (Wildman–Crippen MR) is 92.4 cm³/mol. The normalized spacial score (nSPS) is 16.5. The lowest BCUT2D eigenvalue weighted by Crippen LogP contribution is -2.39. The van der Waals surface area contributed by atoms with E-state index in [0.717, 1.165) is 24.7 Å². The maximum absolute atomic E-state index is 9.49. The van der Waals surface area contributed by atoms with E-state index >= 15 is 0 Å². The number of aliphatic hydroxyl groups is 1. The summed E-state index contributed by atoms with van der Waals surface area (Å²) in [6.07, 6.45) is 5.15. The van der Waals surface area contributed by atoms with Gasteiger partial charge in [0.2, 0.25) is 0 Å². The minimum absolute atomic E-state index is 0.0367. The number of rotatable bonds is 7. The Kier molecular flexibility index (Phi) is 5.47. The van der Waals surface area contributed by atoms with Crippen molar-refractivity contribution < 1.29 is 9.84 Å². The van der Waals surface area contributed by atoms with E-state index in [9.17, 15) is 5.11 Å². The zero-order valence-electron chi connectivity index (χ0n) is 14.4. The van der Waals surface area contributed by atoms with Crippen LogP contribution in [0.15, 0.2) is 12.3 Å². The van der Waals surface area contributed by atoms with Crippen molar-refractivity contribution in [3.63, 3.8) is 0 Å². The largest absolute Gasteiger partial charge is 0.395 e. The van der Waals surface area contributed by atoms with Crippen LogP contribution in [0.1, 0.15) is 33.1 Å². The summed E-state index contributed by atoms with van der Waals surface area (Å²) in [5.74, 6) is 1.78. The summed E-state index contributed by atoms with van der Waals surface area (Å²) in [6, 6.07) is 2.03. The van der Waals surface area contributed by atoms with Crippen LogP contribution in [0, 0.1) is 0 Å². The molecule has 3 rings (SSSR count). The minimum atomic E-state index is -0.175. The van der Waals surface area contributed by atoms with Gasteiger partial charge in [0.05, 0.1) is 12.8 Å². The molecule has 2 aromatic heterocycles. The van der Waals surface area contributed by atoms with Crippen molar-refractivity contribution in [3.05, 3.63) is 12.3 Å². The first-order valence-corrected chi connectivity index (χ1v) is 8.70. The SMILES string of the molecule is CCOC(C)N(CCO)c1cc(N2CCCCC2)nc2cnnn12. The minimum Gasteiger partial charge on any atom is -0.395 e. The molecule has 2 aromatic rings. The fourth-order valence-electron chi connectivity index (χ4n) is 3.21. The molecule has 8 nitrogen and oxygen atoms in total. The molecule has 1 fully saturated rings. The monoisotopic (exact) mass is 334 g/mol. The van der Waals surface area contributed by atoms with E-state index < -0.39 is 0 Å². The van der Waals surface area contributed by atoms with E-state index in [4.69, 9.17) is 9.72 Å². The molecular weight excluding hydrogens is 308 g/mol. The molecule has 0 saturated carbocycles. The van der Waals surface area contributed by atoms with E-state index in [2.05, 4.69) is 15.2 Å². The average Bonchev–Trinajstić information content (AvgIpc) is 3.08. The second-order valence-electron chi connectivity index (χ2n) is 6.00. The van der Waals surface area contributed by atoms with Gasteiger partial charge in [-0.25, -0.2) is 4.98 Å². The quantitative estimate of drug-likeness (QED) is 0.765. The fraction of sp³-hybridized carbons (Fsp3) is 0.688. The van der Waals surface area contributed by atoms with Crippen molar-refractivity contribution in [3.8, 4) is 0 Å². The fourth-order valence-corrected chi connectivity index (χ4v) is 3.21. The summed E-state index contributed by atoms with van der Waals surface area (Å²) in [6.45, 7) is 7.08. The number of aliphatic hydroxyl groups excluding tert-OH is 1. The van der Waals surface area contributed by atoms with Gasteiger partial charge < -0.3 is 19.6 Å². The molecule has 0 aromatic carbocycles. The molecule has 24 heavy (non-hydrogen) atoms. The summed E-state index contributed by atoms with van der Waals surface area (Å²) < 4.78 is 7.45. The number of hydrogen-bond donors (Lipinski definition) is 1. The zero-order chi connectivity index (χ0) is 16.9. The highest BCUT2D eigenvalue weighted by molar-refractivity contribution is 5.58. The highest BCUT2D eigenvalue weighted by atomic mass is 16.5. The smallest absolute Gasteiger partial charge is 0.179 e. The van der Waals surface area contributed by atoms with Crippen molar-refractivity contribution in [2.45, 2.75) is 39.3 Å². The number of anilines is 2. The van der Waals surface area contributed by atoms with Gasteiger partial charge in [0.25, 0.3) is 0 Å². The molecular formula is C16H26N6O2. The lowest BCUT2D eigenvalue weighted by Gasteiger charge is -2.32. The Morgan fingerprint density at radius 3 is 2.83 bits per heavy atom. The first-order chi connectivity index (χ1) is 11.7. The number of piperidine rings is 1. The molecule has 1 aliphatic rings. The van der Waals surface area contributed by atoms with Crippen LogP contribution in [0.25, 0.3) is 5.65 Å². The maximum atomic E-state index is 9.49. The Balaban J connectivity index is 2.01. The Labute approximate surface area is 142 Å². The van der Waals surface area contributed by atoms with Gasteiger partial charge in [-0.2, -0.15) is 4.52 Å². The number of fused-ring (bicyclic) bond motifs is 1. The van der Waals surface area contributed by atoms with Crippen molar-refractivity contribution in [1.82, 2.24) is 19.8 Å². The third kappa shape index (κ3) is 3.44. The summed E-state index contributed by atoms with van der Waals surface area (Å²) >= 11 is 0. The van der Waals surface area contributed by atoms with Gasteiger partial charge in [-0.3, -0.25) is 0 Å². The van der Waals surface area contributed by atoms with Gasteiger partial charge >= 0.3 is 0 Å². The predicted octanol–water partition coefficient (Wildman–Crippen LogP) is 1.30. The van der Waals surface area contributed by atoms with E-state index in [0.29, 0.717) is 18.8 Å². The molecule has 0 radical (unpaired) electrons. The third-order valence-electron chi connectivity index (χ3n) is 4.40. The summed E-state index contributed by atoms with van der Waals surface area (Å²) in [5.41, 5.74) is 0.708. The summed E-state index contributed by atoms with van der Waals surface area (Å²) in [5, 5.41) is 17.6. The van der Waals surface area contributed by atoms with Crippen molar-refractivity contribution in [2.75, 3.05) is 42.6 Å². The molecule has 3 heterocycles. The number of nitrogens with zero attached hydrogens (tertiary/aromatic N) is 6. The summed E-state index contributed by atoms with van der Waals surface area (Å²) in [7, 11) is 0. The maximum Gasteiger partial charge on any atom is 0.179 e. The van der Waals surface area contributed by atoms with Crippen molar-refractivity contribution in [2.24, 2.45) is 0 Å². The van der Waals surface area contributed by atoms with Crippen LogP contribution in [-0.2, 0) is 4.74 Å². The molecule has 1 N–H and O–H groups in total. The van der Waals surface area contributed by atoms with Crippen LogP contribution >= 0.6 is 0 Å². The van der Waals surface area contributed by atoms with E-state index in [1.165, 1.54) is 19.3 Å². The number of ether oxygens (including phenoxy) is 1. The molecule has 132 valence electrons. The Bertz CT molecular complexity index is 655. The van der Waals surface area contributed by atoms with E-state index in [1.807, 2.05) is 24.8 Å². The molecule has 0 bridgehead atoms. The van der Waals surface area contributed by atoms with Gasteiger partial charge in [0.15, 0.2) is 5.65 Å². The van der Waals surface area contributed by atoms with Gasteiger partial charge in [-0.05, 0) is 33.1 Å². The third-order valence-corrected chi connectivity index (χ3v) is 4.40. The Hall–Kier alpha value is -1.93. The van der Waals surface area contributed by atoms with Crippen LogP contribution in [0.2, 0.25) is 0 Å². The van der Waals surface area contributed by atoms with Crippen LogP contribution in [0.5, 0.6) is 0 Å². The molecule has 0 aliphatic carbocycles. The van der Waals surface area contributed by atoms with Gasteiger partial charge in [-0.15, -0.1) is 5.10 Å². The molecule has 1 atom stereocenters. The van der Waals surface area contributed by atoms with E-state index in [1.54, 1.807) is 10.7 Å². The highest BCUT2D eigenvalue weighted by Crippen LogP contribution is 2.25. The lowest BCUT2D eigenvalue weighted by atomic mass is 10.1. The second-order valence-corrected chi connectivity index (χ2v) is 6.00. The zero-order valence-corrected chi connectivity index (χ0v) is 14.4. The van der Waals surface area contributed by atoms with Crippen LogP contribution in [-0.4, -0.2) is 64.0 Å². The van der Waals surface area contributed by atoms with E-state index in [-0.39, 0.29) is 12.8 Å². The summed E-state index contributed by atoms with van der Waals surface area (Å²) in [4.78, 5) is 9.01. The van der Waals surface area contributed by atoms with Gasteiger partial charge in [0.1, 0.15) is 17.9 Å². The Morgan fingerprint density at radius 2 is 2.12 bits per heavy atom. The second kappa shape index (κ2) is 7.76. The number of hydrogen-bond acceptors (Lipinski definition) is 7. The molecule has 1 unspecified atom stereocenters.